The molecule has 0 aliphatic rings. The van der Waals surface area contributed by atoms with Gasteiger partial charge in [-0.15, -0.1) is 2.55 Å². The van der Waals surface area contributed by atoms with E-state index in [1.807, 2.05) is 32.9 Å². The highest BCUT2D eigenvalue weighted by molar-refractivity contribution is 14.2. The topological polar surface area (TPSA) is 46.5 Å². The lowest BCUT2D eigenvalue weighted by molar-refractivity contribution is -0.137. The van der Waals surface area contributed by atoms with Crippen molar-refractivity contribution >= 4 is 31.1 Å². The molecule has 3 nitrogen and oxygen atoms in total. The van der Waals surface area contributed by atoms with E-state index in [0.717, 1.165) is 26.3 Å². The number of aryl methyl sites for hydroxylation is 4. The number of sulfonamides is 1. The molecule has 2 aromatic rings. The van der Waals surface area contributed by atoms with Crippen LogP contribution in [-0.2, 0) is 16.2 Å². The number of hydrogen-bond acceptors (Lipinski definition) is 2. The number of hydrogen-bond donors (Lipinski definition) is 0. The van der Waals surface area contributed by atoms with Crippen LogP contribution in [0.15, 0.2) is 37.8 Å². The number of halogens is 4. The van der Waals surface area contributed by atoms with Crippen molar-refractivity contribution in [3.05, 3.63) is 61.7 Å². The minimum atomic E-state index is -4.60. The maximum atomic E-state index is 12.9. The molecule has 0 amide bonds. The predicted molar refractivity (Wildman–Crippen MR) is 99.2 cm³/mol. The molecule has 0 aromatic heterocycles. The van der Waals surface area contributed by atoms with Gasteiger partial charge in [0.05, 0.1) is 10.5 Å². The van der Waals surface area contributed by atoms with Crippen LogP contribution in [0, 0.1) is 31.3 Å². The summed E-state index contributed by atoms with van der Waals surface area (Å²) in [7, 11) is -4.13. The molecule has 0 N–H and O–H groups in total. The van der Waals surface area contributed by atoms with Gasteiger partial charge in [-0.3, -0.25) is 0 Å². The van der Waals surface area contributed by atoms with Crippen molar-refractivity contribution in [1.82, 2.24) is 0 Å². The molecule has 0 aliphatic carbocycles. The maximum absolute atomic E-state index is 12.9. The highest BCUT2D eigenvalue weighted by Crippen LogP contribution is 2.33. The van der Waals surface area contributed by atoms with Gasteiger partial charge in [0.2, 0.25) is 0 Å². The Morgan fingerprint density at radius 2 is 1.40 bits per heavy atom. The van der Waals surface area contributed by atoms with Crippen molar-refractivity contribution < 1.29 is 21.6 Å². The van der Waals surface area contributed by atoms with Gasteiger partial charge in [0.25, 0.3) is 10.0 Å². The molecule has 0 heterocycles. The molecule has 2 rings (SSSR count). The average Bonchev–Trinajstić information content (AvgIpc) is 2.44. The van der Waals surface area contributed by atoms with Crippen LogP contribution in [0.2, 0.25) is 0 Å². The van der Waals surface area contributed by atoms with E-state index >= 15 is 0 Å². The molecule has 136 valence electrons. The zero-order valence-electron chi connectivity index (χ0n) is 14.1. The molecule has 0 radical (unpaired) electrons. The molecule has 0 atom stereocenters. The lowest BCUT2D eigenvalue weighted by Crippen LogP contribution is -2.07. The molecule has 8 heteroatoms. The minimum absolute atomic E-state index is 0.226. The molecule has 2 aromatic carbocycles. The molecular formula is C17H17F3INO2S. The Hall–Kier alpha value is -1.29. The van der Waals surface area contributed by atoms with E-state index in [4.69, 9.17) is 0 Å². The standard InChI is InChI=1S/C17H17F3INO2S/c1-10-5-12(3)16(13(4)6-10)21-22-25(23,24)15-8-11(2)7-14(9-15)17(18,19)20/h5-9H,1-4H3. The second-order valence-electron chi connectivity index (χ2n) is 5.87. The van der Waals surface area contributed by atoms with E-state index in [2.05, 4.69) is 2.55 Å². The number of alkyl halides is 3. The van der Waals surface area contributed by atoms with Crippen molar-refractivity contribution in [3.8, 4) is 0 Å². The molecule has 0 aliphatic heterocycles. The lowest BCUT2D eigenvalue weighted by Gasteiger charge is -2.09. The highest BCUT2D eigenvalue weighted by atomic mass is 127. The van der Waals surface area contributed by atoms with E-state index < -0.39 is 47.7 Å². The van der Waals surface area contributed by atoms with Crippen LogP contribution < -0.4 is 0 Å². The van der Waals surface area contributed by atoms with E-state index in [9.17, 15) is 21.6 Å². The molecule has 25 heavy (non-hydrogen) atoms. The fourth-order valence-corrected chi connectivity index (χ4v) is 6.45. The van der Waals surface area contributed by atoms with Gasteiger partial charge in [-0.05, 0) is 62.6 Å². The van der Waals surface area contributed by atoms with Crippen LogP contribution >= 0.6 is 21.0 Å². The first-order valence-electron chi connectivity index (χ1n) is 7.28. The van der Waals surface area contributed by atoms with Gasteiger partial charge in [-0.2, -0.15) is 21.6 Å². The highest BCUT2D eigenvalue weighted by Gasteiger charge is 2.32. The third kappa shape index (κ3) is 4.87. The molecule has 0 unspecified atom stereocenters. The number of rotatable bonds is 3. The smallest absolute Gasteiger partial charge is 0.199 e. The Morgan fingerprint density at radius 3 is 1.92 bits per heavy atom. The van der Waals surface area contributed by atoms with Crippen LogP contribution in [-0.4, -0.2) is 8.42 Å². The zero-order valence-corrected chi connectivity index (χ0v) is 17.0. The fourth-order valence-electron chi connectivity index (χ4n) is 2.48. The largest absolute Gasteiger partial charge is 0.416 e. The van der Waals surface area contributed by atoms with Crippen LogP contribution in [0.3, 0.4) is 0 Å². The molecule has 0 saturated heterocycles. The van der Waals surface area contributed by atoms with Gasteiger partial charge in [-0.25, -0.2) is 0 Å². The SMILES string of the molecule is Cc1cc(C(F)(F)F)cc(S(=O)(=O)/N=I/c2c(C)cc(C)cc2C)c1. The van der Waals surface area contributed by atoms with Crippen molar-refractivity contribution in [2.75, 3.05) is 0 Å². The van der Waals surface area contributed by atoms with Gasteiger partial charge in [-0.1, -0.05) is 17.7 Å². The second kappa shape index (κ2) is 7.14. The zero-order chi connectivity index (χ0) is 19.0. The fraction of sp³-hybridized carbons (Fsp3) is 0.294. The Balaban J connectivity index is 2.49. The summed E-state index contributed by atoms with van der Waals surface area (Å²) in [5, 5.41) is 0. The monoisotopic (exact) mass is 483 g/mol. The first-order valence-corrected chi connectivity index (χ1v) is 10.8. The van der Waals surface area contributed by atoms with Gasteiger partial charge in [0, 0.05) is 24.6 Å². The van der Waals surface area contributed by atoms with Gasteiger partial charge in [0.15, 0.2) is 0 Å². The summed E-state index contributed by atoms with van der Waals surface area (Å²) >= 11 is -1.24. The molecule has 0 spiro atoms. The second-order valence-corrected chi connectivity index (χ2v) is 10.2. The van der Waals surface area contributed by atoms with E-state index in [-0.39, 0.29) is 5.56 Å². The summed E-state index contributed by atoms with van der Waals surface area (Å²) in [6, 6.07) is 6.66. The number of benzene rings is 2. The van der Waals surface area contributed by atoms with Crippen LogP contribution in [0.25, 0.3) is 0 Å². The van der Waals surface area contributed by atoms with E-state index in [0.29, 0.717) is 6.07 Å². The Labute approximate surface area is 155 Å². The van der Waals surface area contributed by atoms with Gasteiger partial charge in [0.1, 0.15) is 0 Å². The Kier molecular flexibility index (Phi) is 5.72. The van der Waals surface area contributed by atoms with Crippen LogP contribution in [0.4, 0.5) is 13.2 Å². The summed E-state index contributed by atoms with van der Waals surface area (Å²) in [5.41, 5.74) is 2.21. The minimum Gasteiger partial charge on any atom is -0.199 e. The van der Waals surface area contributed by atoms with Crippen LogP contribution in [0.5, 0.6) is 0 Å². The van der Waals surface area contributed by atoms with Crippen molar-refractivity contribution in [2.45, 2.75) is 38.8 Å². The summed E-state index contributed by atoms with van der Waals surface area (Å²) in [4.78, 5) is -0.415. The quantitative estimate of drug-likeness (QED) is 0.530. The summed E-state index contributed by atoms with van der Waals surface area (Å²) in [6.45, 7) is 7.14. The first-order chi connectivity index (χ1) is 11.4. The summed E-state index contributed by atoms with van der Waals surface area (Å²) in [6.07, 6.45) is -4.60. The average molecular weight is 483 g/mol. The normalized spacial score (nSPS) is 13.1. The Morgan fingerprint density at radius 1 is 0.880 bits per heavy atom. The van der Waals surface area contributed by atoms with Crippen LogP contribution in [0.1, 0.15) is 27.8 Å². The molecular weight excluding hydrogens is 466 g/mol. The van der Waals surface area contributed by atoms with Crippen molar-refractivity contribution in [1.29, 1.82) is 0 Å². The van der Waals surface area contributed by atoms with Gasteiger partial charge < -0.3 is 0 Å². The number of nitrogens with zero attached hydrogens (tertiary/aromatic N) is 1. The third-order valence-electron chi connectivity index (χ3n) is 3.47. The van der Waals surface area contributed by atoms with Gasteiger partial charge >= 0.3 is 6.18 Å². The molecule has 0 saturated carbocycles. The molecule has 0 fully saturated rings. The summed E-state index contributed by atoms with van der Waals surface area (Å²) < 4.78 is 68.3. The third-order valence-corrected chi connectivity index (χ3v) is 8.88. The summed E-state index contributed by atoms with van der Waals surface area (Å²) in [5.74, 6) is 0. The first kappa shape index (κ1) is 20.0. The Bertz CT molecular complexity index is 928. The predicted octanol–water partition coefficient (Wildman–Crippen LogP) is 5.65. The lowest BCUT2D eigenvalue weighted by atomic mass is 10.1. The van der Waals surface area contributed by atoms with E-state index in [1.165, 1.54) is 13.0 Å². The van der Waals surface area contributed by atoms with Crippen molar-refractivity contribution in [2.24, 2.45) is 2.55 Å². The maximum Gasteiger partial charge on any atom is 0.416 e. The van der Waals surface area contributed by atoms with Crippen molar-refractivity contribution in [3.63, 3.8) is 0 Å². The van der Waals surface area contributed by atoms with E-state index in [1.54, 1.807) is 0 Å². The molecule has 0 bridgehead atoms.